The lowest BCUT2D eigenvalue weighted by molar-refractivity contribution is -0.149. The molecule has 2 aromatic rings. The molecule has 5 aliphatic carbocycles. The van der Waals surface area contributed by atoms with Gasteiger partial charge in [-0.1, -0.05) is 66.8 Å². The number of ether oxygens (including phenoxy) is 1. The van der Waals surface area contributed by atoms with Gasteiger partial charge in [0.05, 0.1) is 17.4 Å². The summed E-state index contributed by atoms with van der Waals surface area (Å²) in [5, 5.41) is 0. The smallest absolute Gasteiger partial charge is 0.234 e. The number of hydrogen-bond donors (Lipinski definition) is 0. The first-order valence-electron chi connectivity index (χ1n) is 13.4. The number of carbonyl (C=O) groups excluding carboxylic acids is 2. The van der Waals surface area contributed by atoms with Crippen LogP contribution in [-0.4, -0.2) is 36.0 Å². The van der Waals surface area contributed by atoms with E-state index in [2.05, 4.69) is 74.2 Å². The van der Waals surface area contributed by atoms with Crippen LogP contribution in [0.15, 0.2) is 73.3 Å². The molecule has 4 nitrogen and oxygen atoms in total. The van der Waals surface area contributed by atoms with Crippen LogP contribution in [0.5, 0.6) is 0 Å². The third-order valence-electron chi connectivity index (χ3n) is 10.3. The molecule has 2 fully saturated rings. The monoisotopic (exact) mass is 479 g/mol. The van der Waals surface area contributed by atoms with Crippen LogP contribution < -0.4 is 0 Å². The van der Waals surface area contributed by atoms with Crippen LogP contribution in [0, 0.1) is 29.6 Å². The summed E-state index contributed by atoms with van der Waals surface area (Å²) in [5.74, 6) is 0.398. The van der Waals surface area contributed by atoms with E-state index >= 15 is 0 Å². The Morgan fingerprint density at radius 2 is 1.78 bits per heavy atom. The molecule has 8 rings (SSSR count). The van der Waals surface area contributed by atoms with Crippen LogP contribution in [-0.2, 0) is 19.7 Å². The summed E-state index contributed by atoms with van der Waals surface area (Å²) in [6, 6.07) is 17.0. The van der Waals surface area contributed by atoms with Crippen LogP contribution >= 0.6 is 0 Å². The molecule has 0 aromatic heterocycles. The van der Waals surface area contributed by atoms with E-state index in [-0.39, 0.29) is 53.5 Å². The number of carbonyl (C=O) groups is 2. The molecule has 1 saturated heterocycles. The quantitative estimate of drug-likeness (QED) is 0.436. The number of likely N-dealkylation sites (tertiary alicyclic amines) is 1. The molecule has 184 valence electrons. The molecule has 2 amide bonds. The van der Waals surface area contributed by atoms with E-state index in [1.807, 2.05) is 6.08 Å². The number of nitrogens with zero attached hydrogens (tertiary/aromatic N) is 1. The molecule has 4 bridgehead atoms. The highest BCUT2D eigenvalue weighted by atomic mass is 16.5. The number of benzene rings is 2. The highest BCUT2D eigenvalue weighted by Gasteiger charge is 2.70. The molecule has 1 aliphatic heterocycles. The summed E-state index contributed by atoms with van der Waals surface area (Å²) in [6.07, 6.45) is 8.65. The molecule has 0 unspecified atom stereocenters. The highest BCUT2D eigenvalue weighted by Crippen LogP contribution is 2.67. The minimum atomic E-state index is -0.637. The summed E-state index contributed by atoms with van der Waals surface area (Å²) in [7, 11) is 1.74. The minimum absolute atomic E-state index is 0.00372. The maximum absolute atomic E-state index is 14.7. The zero-order valence-electron chi connectivity index (χ0n) is 21.0. The Labute approximate surface area is 213 Å². The number of fused-ring (bicyclic) bond motifs is 2. The van der Waals surface area contributed by atoms with Crippen molar-refractivity contribution in [1.82, 2.24) is 4.90 Å². The van der Waals surface area contributed by atoms with Gasteiger partial charge in [-0.3, -0.25) is 14.5 Å². The first-order chi connectivity index (χ1) is 17.5. The van der Waals surface area contributed by atoms with Crippen LogP contribution in [0.25, 0.3) is 0 Å². The SMILES string of the molecule is C=CC[C@@H]1[C@@H]2C3c4ccccc4C([C@H](C)OC)(c4ccccc43)[C@@H]2C(=O)N1C(=O)[C@H]1C[C@H]2C=C[C@@H]1C2. The number of rotatable bonds is 5. The second-order valence-corrected chi connectivity index (χ2v) is 11.5. The van der Waals surface area contributed by atoms with Crippen molar-refractivity contribution in [1.29, 1.82) is 0 Å². The van der Waals surface area contributed by atoms with E-state index in [0.717, 1.165) is 12.8 Å². The molecule has 36 heavy (non-hydrogen) atoms. The lowest BCUT2D eigenvalue weighted by atomic mass is 9.45. The number of methoxy groups -OCH3 is 1. The van der Waals surface area contributed by atoms with Gasteiger partial charge in [0.15, 0.2) is 0 Å². The predicted octanol–water partition coefficient (Wildman–Crippen LogP) is 5.22. The van der Waals surface area contributed by atoms with Crippen molar-refractivity contribution in [2.75, 3.05) is 7.11 Å². The number of hydrogen-bond acceptors (Lipinski definition) is 3. The Morgan fingerprint density at radius 1 is 1.11 bits per heavy atom. The fourth-order valence-corrected chi connectivity index (χ4v) is 8.96. The van der Waals surface area contributed by atoms with Crippen LogP contribution in [0.2, 0.25) is 0 Å². The lowest BCUT2D eigenvalue weighted by Gasteiger charge is -2.57. The molecule has 1 saturated carbocycles. The molecule has 0 radical (unpaired) electrons. The minimum Gasteiger partial charge on any atom is -0.380 e. The third kappa shape index (κ3) is 2.53. The van der Waals surface area contributed by atoms with Gasteiger partial charge in [0, 0.05) is 30.9 Å². The largest absolute Gasteiger partial charge is 0.380 e. The molecule has 7 atom stereocenters. The molecule has 0 N–H and O–H groups in total. The fraction of sp³-hybridized carbons (Fsp3) is 0.438. The van der Waals surface area contributed by atoms with E-state index in [1.165, 1.54) is 22.3 Å². The summed E-state index contributed by atoms with van der Waals surface area (Å²) in [4.78, 5) is 30.6. The maximum atomic E-state index is 14.7. The topological polar surface area (TPSA) is 46.6 Å². The molecule has 4 heteroatoms. The molecular weight excluding hydrogens is 446 g/mol. The first kappa shape index (κ1) is 22.2. The fourth-order valence-electron chi connectivity index (χ4n) is 8.96. The van der Waals surface area contributed by atoms with E-state index in [0.29, 0.717) is 12.3 Å². The second kappa shape index (κ2) is 7.76. The Morgan fingerprint density at radius 3 is 2.33 bits per heavy atom. The average Bonchev–Trinajstić information content (AvgIpc) is 3.62. The van der Waals surface area contributed by atoms with Gasteiger partial charge in [0.1, 0.15) is 0 Å². The van der Waals surface area contributed by atoms with Crippen LogP contribution in [0.3, 0.4) is 0 Å². The number of imide groups is 1. The second-order valence-electron chi connectivity index (χ2n) is 11.5. The van der Waals surface area contributed by atoms with E-state index in [9.17, 15) is 9.59 Å². The van der Waals surface area contributed by atoms with Gasteiger partial charge in [-0.2, -0.15) is 0 Å². The highest BCUT2D eigenvalue weighted by molar-refractivity contribution is 6.02. The molecule has 0 spiro atoms. The molecule has 1 heterocycles. The van der Waals surface area contributed by atoms with E-state index < -0.39 is 5.41 Å². The van der Waals surface area contributed by atoms with Crippen molar-refractivity contribution in [3.63, 3.8) is 0 Å². The van der Waals surface area contributed by atoms with Gasteiger partial charge >= 0.3 is 0 Å². The molecule has 2 aromatic carbocycles. The normalized spacial score (nSPS) is 37.6. The van der Waals surface area contributed by atoms with Gasteiger partial charge in [-0.15, -0.1) is 6.58 Å². The molecule has 6 aliphatic rings. The summed E-state index contributed by atoms with van der Waals surface area (Å²) >= 11 is 0. The van der Waals surface area contributed by atoms with Gasteiger partial charge in [-0.05, 0) is 60.3 Å². The third-order valence-corrected chi connectivity index (χ3v) is 10.3. The van der Waals surface area contributed by atoms with E-state index in [1.54, 1.807) is 12.0 Å². The van der Waals surface area contributed by atoms with Crippen LogP contribution in [0.1, 0.15) is 54.4 Å². The standard InChI is InChI=1S/C32H33NO3/c1-4-9-26-28-27-21-10-5-7-12-24(21)32(18(2)36-3,25-13-8-6-11-22(25)27)29(28)31(35)33(26)30(34)23-17-19-14-15-20(23)16-19/h4-8,10-15,18-20,23,26-29H,1,9,16-17H2,2-3H3/t18-,19-,20+,23-,26+,27?,28+,29-,32?/m0/s1. The van der Waals surface area contributed by atoms with Gasteiger partial charge in [0.2, 0.25) is 11.8 Å². The van der Waals surface area contributed by atoms with Crippen molar-refractivity contribution in [2.45, 2.75) is 49.7 Å². The summed E-state index contributed by atoms with van der Waals surface area (Å²) in [5.41, 5.74) is 4.29. The maximum Gasteiger partial charge on any atom is 0.234 e. The van der Waals surface area contributed by atoms with Crippen molar-refractivity contribution < 1.29 is 14.3 Å². The average molecular weight is 480 g/mol. The Hall–Kier alpha value is -2.98. The Bertz CT molecular complexity index is 1260. The Balaban J connectivity index is 1.46. The zero-order chi connectivity index (χ0) is 24.8. The van der Waals surface area contributed by atoms with Gasteiger partial charge in [-0.25, -0.2) is 0 Å². The predicted molar refractivity (Wildman–Crippen MR) is 138 cm³/mol. The van der Waals surface area contributed by atoms with Gasteiger partial charge in [0.25, 0.3) is 0 Å². The van der Waals surface area contributed by atoms with Crippen molar-refractivity contribution in [3.05, 3.63) is 95.6 Å². The first-order valence-corrected chi connectivity index (χ1v) is 13.4. The summed E-state index contributed by atoms with van der Waals surface area (Å²) < 4.78 is 6.12. The van der Waals surface area contributed by atoms with Crippen molar-refractivity contribution in [2.24, 2.45) is 29.6 Å². The van der Waals surface area contributed by atoms with Crippen LogP contribution in [0.4, 0.5) is 0 Å². The molecular formula is C32H33NO3. The van der Waals surface area contributed by atoms with Gasteiger partial charge < -0.3 is 4.74 Å². The van der Waals surface area contributed by atoms with E-state index in [4.69, 9.17) is 4.74 Å². The lowest BCUT2D eigenvalue weighted by Crippen LogP contribution is -2.59. The summed E-state index contributed by atoms with van der Waals surface area (Å²) in [6.45, 7) is 6.14. The zero-order valence-corrected chi connectivity index (χ0v) is 21.0. The van der Waals surface area contributed by atoms with Crippen molar-refractivity contribution in [3.8, 4) is 0 Å². The number of allylic oxidation sites excluding steroid dienone is 2. The number of amides is 2. The van der Waals surface area contributed by atoms with Crippen molar-refractivity contribution >= 4 is 11.8 Å². The Kier molecular flexibility index (Phi) is 4.79.